The molecule has 1 saturated heterocycles. The average Bonchev–Trinajstić information content (AvgIpc) is 3.63. The summed E-state index contributed by atoms with van der Waals surface area (Å²) in [6, 6.07) is 32.9. The van der Waals surface area contributed by atoms with Crippen molar-refractivity contribution in [3.8, 4) is 17.2 Å². The van der Waals surface area contributed by atoms with Crippen molar-refractivity contribution in [2.24, 2.45) is 0 Å². The van der Waals surface area contributed by atoms with E-state index in [0.29, 0.717) is 10.7 Å². The molecule has 2 aromatic heterocycles. The molecular formula is C33H28N4O3S. The van der Waals surface area contributed by atoms with E-state index in [4.69, 9.17) is 21.7 Å². The van der Waals surface area contributed by atoms with Crippen LogP contribution in [0.15, 0.2) is 116 Å². The van der Waals surface area contributed by atoms with Crippen molar-refractivity contribution < 1.29 is 14.3 Å². The van der Waals surface area contributed by atoms with E-state index in [0.717, 1.165) is 34.3 Å². The van der Waals surface area contributed by atoms with Gasteiger partial charge >= 0.3 is 5.97 Å². The Balaban J connectivity index is 1.37. The number of rotatable bonds is 7. The zero-order valence-electron chi connectivity index (χ0n) is 22.6. The number of esters is 1. The Bertz CT molecular complexity index is 1670. The van der Waals surface area contributed by atoms with Gasteiger partial charge in [-0.3, -0.25) is 4.98 Å². The maximum absolute atomic E-state index is 12.0. The Morgan fingerprint density at radius 2 is 1.54 bits per heavy atom. The lowest BCUT2D eigenvalue weighted by Crippen LogP contribution is -2.30. The van der Waals surface area contributed by atoms with E-state index in [-0.39, 0.29) is 18.1 Å². The number of aromatic nitrogens is 2. The predicted octanol–water partition coefficient (Wildman–Crippen LogP) is 6.94. The van der Waals surface area contributed by atoms with Gasteiger partial charge in [-0.2, -0.15) is 0 Å². The van der Waals surface area contributed by atoms with Crippen molar-refractivity contribution in [1.29, 1.82) is 0 Å². The summed E-state index contributed by atoms with van der Waals surface area (Å²) in [5, 5.41) is 4.12. The van der Waals surface area contributed by atoms with Crippen LogP contribution in [0.2, 0.25) is 0 Å². The molecule has 41 heavy (non-hydrogen) atoms. The van der Waals surface area contributed by atoms with Gasteiger partial charge in [-0.05, 0) is 104 Å². The van der Waals surface area contributed by atoms with Gasteiger partial charge in [0.25, 0.3) is 0 Å². The first-order valence-electron chi connectivity index (χ1n) is 13.2. The Morgan fingerprint density at radius 3 is 2.20 bits per heavy atom. The highest BCUT2D eigenvalue weighted by Crippen LogP contribution is 2.42. The second-order valence-electron chi connectivity index (χ2n) is 9.75. The normalized spacial score (nSPS) is 16.3. The molecule has 0 unspecified atom stereocenters. The van der Waals surface area contributed by atoms with E-state index in [1.807, 2.05) is 98.0 Å². The molecule has 0 radical (unpaired) electrons. The minimum absolute atomic E-state index is 0.199. The van der Waals surface area contributed by atoms with Gasteiger partial charge in [-0.1, -0.05) is 23.8 Å². The molecule has 3 heterocycles. The molecule has 204 valence electrons. The van der Waals surface area contributed by atoms with Crippen LogP contribution < -0.4 is 15.0 Å². The van der Waals surface area contributed by atoms with Gasteiger partial charge in [-0.15, -0.1) is 0 Å². The Kier molecular flexibility index (Phi) is 7.22. The van der Waals surface area contributed by atoms with Crippen molar-refractivity contribution in [2.75, 3.05) is 12.0 Å². The molecule has 0 saturated carbocycles. The monoisotopic (exact) mass is 560 g/mol. The highest BCUT2D eigenvalue weighted by molar-refractivity contribution is 7.80. The van der Waals surface area contributed by atoms with E-state index in [9.17, 15) is 4.79 Å². The molecule has 0 aliphatic carbocycles. The standard InChI is InChI=1S/C33H28N4O3S/c1-22-8-16-26(17-9-22)40-27-18-14-25(15-19-27)37-31(30(35-33(37)41)28-6-3-4-20-34-28)29-7-5-21-36(29)24-12-10-23(11-13-24)32(38)39-2/h3-21,30-31H,1-2H3,(H,35,41)/t30-,31+/m0/s1. The second kappa shape index (κ2) is 11.3. The number of ether oxygens (including phenoxy) is 2. The summed E-state index contributed by atoms with van der Waals surface area (Å²) < 4.78 is 13.0. The number of pyridine rings is 1. The van der Waals surface area contributed by atoms with Crippen molar-refractivity contribution >= 4 is 29.0 Å². The van der Waals surface area contributed by atoms with Gasteiger partial charge in [0.05, 0.1) is 24.4 Å². The van der Waals surface area contributed by atoms with Gasteiger partial charge in [0.2, 0.25) is 0 Å². The molecule has 1 aliphatic heterocycles. The number of nitrogens with one attached hydrogen (secondary N) is 1. The highest BCUT2D eigenvalue weighted by Gasteiger charge is 2.42. The summed E-state index contributed by atoms with van der Waals surface area (Å²) in [7, 11) is 1.38. The van der Waals surface area contributed by atoms with Crippen molar-refractivity contribution in [2.45, 2.75) is 19.0 Å². The molecule has 2 atom stereocenters. The highest BCUT2D eigenvalue weighted by atomic mass is 32.1. The second-order valence-corrected chi connectivity index (χ2v) is 10.1. The van der Waals surface area contributed by atoms with Crippen LogP contribution in [0.1, 0.15) is 39.4 Å². The number of carbonyl (C=O) groups excluding carboxylic acids is 1. The quantitative estimate of drug-likeness (QED) is 0.171. The average molecular weight is 561 g/mol. The van der Waals surface area contributed by atoms with Crippen LogP contribution in [-0.2, 0) is 4.74 Å². The summed E-state index contributed by atoms with van der Waals surface area (Å²) in [4.78, 5) is 18.8. The minimum atomic E-state index is -0.370. The SMILES string of the molecule is COC(=O)c1ccc(-n2cccc2[C@@H]2[C@H](c3ccccn3)NC(=S)N2c2ccc(Oc3ccc(C)cc3)cc2)cc1. The van der Waals surface area contributed by atoms with Crippen molar-refractivity contribution in [3.63, 3.8) is 0 Å². The number of hydrogen-bond donors (Lipinski definition) is 1. The fourth-order valence-electron chi connectivity index (χ4n) is 5.10. The molecule has 7 nitrogen and oxygen atoms in total. The number of carbonyl (C=O) groups is 1. The van der Waals surface area contributed by atoms with Crippen LogP contribution in [0, 0.1) is 6.92 Å². The van der Waals surface area contributed by atoms with Crippen LogP contribution in [0.3, 0.4) is 0 Å². The van der Waals surface area contributed by atoms with Gasteiger partial charge in [0.15, 0.2) is 5.11 Å². The Morgan fingerprint density at radius 1 is 0.854 bits per heavy atom. The van der Waals surface area contributed by atoms with Crippen LogP contribution in [0.4, 0.5) is 5.69 Å². The smallest absolute Gasteiger partial charge is 0.337 e. The van der Waals surface area contributed by atoms with E-state index in [1.54, 1.807) is 18.3 Å². The number of thiocarbonyl (C=S) groups is 1. The molecule has 6 rings (SSSR count). The molecule has 1 fully saturated rings. The van der Waals surface area contributed by atoms with E-state index in [2.05, 4.69) is 25.8 Å². The lowest BCUT2D eigenvalue weighted by atomic mass is 10.0. The summed E-state index contributed by atoms with van der Waals surface area (Å²) in [5.74, 6) is 1.15. The summed E-state index contributed by atoms with van der Waals surface area (Å²) in [5.41, 5.74) is 5.41. The van der Waals surface area contributed by atoms with Gasteiger partial charge in [-0.25, -0.2) is 4.79 Å². The molecular weight excluding hydrogens is 532 g/mol. The molecule has 0 spiro atoms. The maximum atomic E-state index is 12.0. The number of nitrogens with zero attached hydrogens (tertiary/aromatic N) is 3. The van der Waals surface area contributed by atoms with Gasteiger partial charge < -0.3 is 24.3 Å². The summed E-state index contributed by atoms with van der Waals surface area (Å²) in [6.07, 6.45) is 3.80. The fraction of sp³-hybridized carbons (Fsp3) is 0.121. The Hall–Kier alpha value is -4.95. The molecule has 3 aromatic carbocycles. The van der Waals surface area contributed by atoms with Crippen LogP contribution in [-0.4, -0.2) is 27.7 Å². The van der Waals surface area contributed by atoms with Gasteiger partial charge in [0.1, 0.15) is 17.5 Å². The molecule has 1 aliphatic rings. The summed E-state index contributed by atoms with van der Waals surface area (Å²) in [6.45, 7) is 2.05. The predicted molar refractivity (Wildman–Crippen MR) is 163 cm³/mol. The first kappa shape index (κ1) is 26.3. The number of aryl methyl sites for hydroxylation is 1. The summed E-state index contributed by atoms with van der Waals surface area (Å²) >= 11 is 5.91. The fourth-order valence-corrected chi connectivity index (χ4v) is 5.44. The van der Waals surface area contributed by atoms with E-state index >= 15 is 0 Å². The lowest BCUT2D eigenvalue weighted by Gasteiger charge is -2.29. The van der Waals surface area contributed by atoms with E-state index in [1.165, 1.54) is 12.7 Å². The van der Waals surface area contributed by atoms with Gasteiger partial charge in [0, 0.05) is 29.5 Å². The van der Waals surface area contributed by atoms with E-state index < -0.39 is 0 Å². The zero-order valence-corrected chi connectivity index (χ0v) is 23.4. The molecule has 1 N–H and O–H groups in total. The minimum Gasteiger partial charge on any atom is -0.465 e. The Labute approximate surface area is 244 Å². The number of hydrogen-bond acceptors (Lipinski definition) is 5. The largest absolute Gasteiger partial charge is 0.465 e. The van der Waals surface area contributed by atoms with Crippen molar-refractivity contribution in [3.05, 3.63) is 138 Å². The third-order valence-corrected chi connectivity index (χ3v) is 7.43. The zero-order chi connectivity index (χ0) is 28.3. The third kappa shape index (κ3) is 5.29. The molecule has 0 amide bonds. The molecule has 5 aromatic rings. The lowest BCUT2D eigenvalue weighted by molar-refractivity contribution is 0.0600. The topological polar surface area (TPSA) is 68.6 Å². The van der Waals surface area contributed by atoms with Crippen LogP contribution in [0.25, 0.3) is 5.69 Å². The van der Waals surface area contributed by atoms with Crippen molar-refractivity contribution in [1.82, 2.24) is 14.9 Å². The molecule has 0 bridgehead atoms. The first-order valence-corrected chi connectivity index (χ1v) is 13.6. The number of anilines is 1. The van der Waals surface area contributed by atoms with Crippen LogP contribution in [0.5, 0.6) is 11.5 Å². The molecule has 8 heteroatoms. The maximum Gasteiger partial charge on any atom is 0.337 e. The van der Waals surface area contributed by atoms with Crippen LogP contribution >= 0.6 is 12.2 Å². The first-order chi connectivity index (χ1) is 20.0. The number of benzene rings is 3. The third-order valence-electron chi connectivity index (χ3n) is 7.12. The number of methoxy groups -OCH3 is 1.